The predicted molar refractivity (Wildman–Crippen MR) is 53.6 cm³/mol. The summed E-state index contributed by atoms with van der Waals surface area (Å²) in [4.78, 5) is 10.8. The first-order valence-electron chi connectivity index (χ1n) is 4.59. The number of carboxylic acid groups (broad SMARTS) is 1. The summed E-state index contributed by atoms with van der Waals surface area (Å²) in [5.41, 5.74) is 0.0109. The van der Waals surface area contributed by atoms with Crippen LogP contribution in [0.4, 0.5) is 0 Å². The van der Waals surface area contributed by atoms with Gasteiger partial charge in [-0.1, -0.05) is 6.07 Å². The van der Waals surface area contributed by atoms with Gasteiger partial charge >= 0.3 is 5.97 Å². The summed E-state index contributed by atoms with van der Waals surface area (Å²) >= 11 is 0. The lowest BCUT2D eigenvalue weighted by molar-refractivity contribution is 0.0696. The highest BCUT2D eigenvalue weighted by Crippen LogP contribution is 2.33. The van der Waals surface area contributed by atoms with Gasteiger partial charge in [-0.25, -0.2) is 13.2 Å². The summed E-state index contributed by atoms with van der Waals surface area (Å²) < 4.78 is 23.6. The maximum Gasteiger partial charge on any atom is 0.335 e. The Morgan fingerprint density at radius 2 is 2.00 bits per heavy atom. The normalized spacial score (nSPS) is 16.3. The van der Waals surface area contributed by atoms with Crippen LogP contribution < -0.4 is 0 Å². The van der Waals surface area contributed by atoms with Crippen molar-refractivity contribution in [3.05, 3.63) is 29.8 Å². The van der Waals surface area contributed by atoms with Crippen molar-refractivity contribution < 1.29 is 18.3 Å². The Morgan fingerprint density at radius 3 is 2.53 bits per heavy atom. The molecule has 1 N–H and O–H groups in total. The van der Waals surface area contributed by atoms with Crippen molar-refractivity contribution in [2.75, 3.05) is 0 Å². The van der Waals surface area contributed by atoms with Gasteiger partial charge in [0.15, 0.2) is 9.84 Å². The Hall–Kier alpha value is -1.36. The highest BCUT2D eigenvalue weighted by molar-refractivity contribution is 7.92. The Morgan fingerprint density at radius 1 is 1.33 bits per heavy atom. The van der Waals surface area contributed by atoms with E-state index in [1.165, 1.54) is 24.3 Å². The van der Waals surface area contributed by atoms with E-state index >= 15 is 0 Å². The fraction of sp³-hybridized carbons (Fsp3) is 0.300. The van der Waals surface area contributed by atoms with E-state index < -0.39 is 15.8 Å². The average molecular weight is 226 g/mol. The SMILES string of the molecule is O=C(O)c1cccc(S(=O)(=O)C2CC2)c1. The molecule has 0 bridgehead atoms. The third-order valence-corrected chi connectivity index (χ3v) is 4.63. The lowest BCUT2D eigenvalue weighted by Crippen LogP contribution is -2.08. The lowest BCUT2D eigenvalue weighted by atomic mass is 10.2. The van der Waals surface area contributed by atoms with Gasteiger partial charge in [-0.3, -0.25) is 0 Å². The monoisotopic (exact) mass is 226 g/mol. The van der Waals surface area contributed by atoms with Crippen LogP contribution in [0.1, 0.15) is 23.2 Å². The van der Waals surface area contributed by atoms with Crippen LogP contribution in [0.5, 0.6) is 0 Å². The molecule has 1 saturated carbocycles. The number of carbonyl (C=O) groups is 1. The molecule has 0 atom stereocenters. The molecule has 5 heteroatoms. The molecule has 80 valence electrons. The summed E-state index contributed by atoms with van der Waals surface area (Å²) in [6.45, 7) is 0. The molecule has 4 nitrogen and oxygen atoms in total. The van der Waals surface area contributed by atoms with E-state index in [2.05, 4.69) is 0 Å². The zero-order valence-electron chi connectivity index (χ0n) is 7.88. The molecule has 0 saturated heterocycles. The van der Waals surface area contributed by atoms with Gasteiger partial charge in [-0.05, 0) is 31.0 Å². The minimum atomic E-state index is -3.29. The van der Waals surface area contributed by atoms with E-state index in [4.69, 9.17) is 5.11 Å². The van der Waals surface area contributed by atoms with Crippen molar-refractivity contribution in [3.63, 3.8) is 0 Å². The standard InChI is InChI=1S/C10H10O4S/c11-10(12)7-2-1-3-9(6-7)15(13,14)8-4-5-8/h1-3,6,8H,4-5H2,(H,11,12). The van der Waals surface area contributed by atoms with Gasteiger partial charge in [-0.15, -0.1) is 0 Å². The van der Waals surface area contributed by atoms with Gasteiger partial charge in [0.1, 0.15) is 0 Å². The van der Waals surface area contributed by atoms with Crippen LogP contribution in [-0.4, -0.2) is 24.7 Å². The fourth-order valence-corrected chi connectivity index (χ4v) is 3.08. The van der Waals surface area contributed by atoms with Gasteiger partial charge < -0.3 is 5.11 Å². The first kappa shape index (κ1) is 10.2. The second-order valence-electron chi connectivity index (χ2n) is 3.58. The van der Waals surface area contributed by atoms with Crippen molar-refractivity contribution in [2.45, 2.75) is 23.0 Å². The Labute approximate surface area is 87.5 Å². The van der Waals surface area contributed by atoms with E-state index in [0.717, 1.165) is 0 Å². The lowest BCUT2D eigenvalue weighted by Gasteiger charge is -2.02. The van der Waals surface area contributed by atoms with Gasteiger partial charge in [0, 0.05) is 0 Å². The van der Waals surface area contributed by atoms with Crippen molar-refractivity contribution in [1.82, 2.24) is 0 Å². The molecular weight excluding hydrogens is 216 g/mol. The van der Waals surface area contributed by atoms with Crippen molar-refractivity contribution in [3.8, 4) is 0 Å². The van der Waals surface area contributed by atoms with E-state index in [0.29, 0.717) is 12.8 Å². The largest absolute Gasteiger partial charge is 0.478 e. The number of benzene rings is 1. The zero-order chi connectivity index (χ0) is 11.1. The number of aromatic carboxylic acids is 1. The molecule has 0 heterocycles. The summed E-state index contributed by atoms with van der Waals surface area (Å²) in [5, 5.41) is 8.43. The second kappa shape index (κ2) is 3.34. The predicted octanol–water partition coefficient (Wildman–Crippen LogP) is 1.32. The molecular formula is C10H10O4S. The van der Waals surface area contributed by atoms with Crippen LogP contribution in [0.3, 0.4) is 0 Å². The fourth-order valence-electron chi connectivity index (χ4n) is 1.38. The van der Waals surface area contributed by atoms with E-state index in [9.17, 15) is 13.2 Å². The Balaban J connectivity index is 2.45. The summed E-state index contributed by atoms with van der Waals surface area (Å²) in [6, 6.07) is 5.50. The number of hydrogen-bond donors (Lipinski definition) is 1. The van der Waals surface area contributed by atoms with Crippen LogP contribution >= 0.6 is 0 Å². The first-order valence-corrected chi connectivity index (χ1v) is 6.14. The van der Waals surface area contributed by atoms with Gasteiger partial charge in [0.25, 0.3) is 0 Å². The quantitative estimate of drug-likeness (QED) is 0.843. The highest BCUT2D eigenvalue weighted by Gasteiger charge is 2.36. The molecule has 1 aliphatic rings. The smallest absolute Gasteiger partial charge is 0.335 e. The third-order valence-electron chi connectivity index (χ3n) is 2.37. The Kier molecular flexibility index (Phi) is 2.26. The molecule has 2 rings (SSSR count). The molecule has 1 aromatic rings. The molecule has 15 heavy (non-hydrogen) atoms. The molecule has 0 unspecified atom stereocenters. The number of rotatable bonds is 3. The number of sulfone groups is 1. The molecule has 0 aromatic heterocycles. The molecule has 1 aliphatic carbocycles. The maximum absolute atomic E-state index is 11.8. The van der Waals surface area contributed by atoms with Crippen LogP contribution in [-0.2, 0) is 9.84 Å². The summed E-state index contributed by atoms with van der Waals surface area (Å²) in [7, 11) is -3.29. The second-order valence-corrected chi connectivity index (χ2v) is 5.81. The molecule has 1 fully saturated rings. The first-order chi connectivity index (χ1) is 7.01. The minimum Gasteiger partial charge on any atom is -0.478 e. The number of carboxylic acids is 1. The maximum atomic E-state index is 11.8. The molecule has 0 aliphatic heterocycles. The highest BCUT2D eigenvalue weighted by atomic mass is 32.2. The number of hydrogen-bond acceptors (Lipinski definition) is 3. The van der Waals surface area contributed by atoms with Crippen LogP contribution in [0, 0.1) is 0 Å². The van der Waals surface area contributed by atoms with Crippen LogP contribution in [0.2, 0.25) is 0 Å². The summed E-state index contributed by atoms with van der Waals surface area (Å²) in [5.74, 6) is -1.11. The topological polar surface area (TPSA) is 71.4 Å². The van der Waals surface area contributed by atoms with Gasteiger partial charge in [-0.2, -0.15) is 0 Å². The van der Waals surface area contributed by atoms with Crippen LogP contribution in [0.15, 0.2) is 29.2 Å². The summed E-state index contributed by atoms with van der Waals surface area (Å²) in [6.07, 6.45) is 1.36. The van der Waals surface area contributed by atoms with Crippen molar-refractivity contribution in [1.29, 1.82) is 0 Å². The Bertz CT molecular complexity index is 500. The molecule has 0 spiro atoms. The third kappa shape index (κ3) is 1.87. The molecule has 0 radical (unpaired) electrons. The van der Waals surface area contributed by atoms with E-state index in [-0.39, 0.29) is 15.7 Å². The zero-order valence-corrected chi connectivity index (χ0v) is 8.70. The molecule has 1 aromatic carbocycles. The van der Waals surface area contributed by atoms with Crippen molar-refractivity contribution >= 4 is 15.8 Å². The van der Waals surface area contributed by atoms with Gasteiger partial charge in [0.05, 0.1) is 15.7 Å². The van der Waals surface area contributed by atoms with E-state index in [1.807, 2.05) is 0 Å². The molecule has 0 amide bonds. The average Bonchev–Trinajstić information content (AvgIpc) is 3.01. The van der Waals surface area contributed by atoms with Crippen molar-refractivity contribution in [2.24, 2.45) is 0 Å². The minimum absolute atomic E-state index is 0.0109. The van der Waals surface area contributed by atoms with Gasteiger partial charge in [0.2, 0.25) is 0 Å². The van der Waals surface area contributed by atoms with Crippen LogP contribution in [0.25, 0.3) is 0 Å². The van der Waals surface area contributed by atoms with E-state index in [1.54, 1.807) is 0 Å².